The highest BCUT2D eigenvalue weighted by Crippen LogP contribution is 2.18. The second-order valence-corrected chi connectivity index (χ2v) is 7.05. The molecule has 1 aromatic carbocycles. The topological polar surface area (TPSA) is 59.6 Å². The fraction of sp³-hybridized carbons (Fsp3) is 0.600. The van der Waals surface area contributed by atoms with Crippen LogP contribution in [0.5, 0.6) is 5.75 Å². The van der Waals surface area contributed by atoms with Gasteiger partial charge >= 0.3 is 0 Å². The van der Waals surface area contributed by atoms with Gasteiger partial charge in [0.25, 0.3) is 0 Å². The molecule has 144 valence electrons. The van der Waals surface area contributed by atoms with Gasteiger partial charge < -0.3 is 20.1 Å². The van der Waals surface area contributed by atoms with Crippen molar-refractivity contribution in [3.8, 4) is 5.75 Å². The standard InChI is InChI=1S/C20H30N2O3S/c1-2-3-4-5-6-9-19(23)22-20(26)21-16-10-12-17(13-11-16)25-15-18-8-7-14-24-18/h10-13,18H,2-9,14-15H2,1H3,(H2,21,22,23,26). The number of rotatable bonds is 10. The van der Waals surface area contributed by atoms with Crippen molar-refractivity contribution < 1.29 is 14.3 Å². The third-order valence-electron chi connectivity index (χ3n) is 4.33. The van der Waals surface area contributed by atoms with Crippen molar-refractivity contribution in [2.45, 2.75) is 64.4 Å². The lowest BCUT2D eigenvalue weighted by Gasteiger charge is -2.13. The third kappa shape index (κ3) is 8.15. The van der Waals surface area contributed by atoms with Crippen LogP contribution in [0.2, 0.25) is 0 Å². The van der Waals surface area contributed by atoms with Crippen LogP contribution in [0, 0.1) is 0 Å². The van der Waals surface area contributed by atoms with Gasteiger partial charge in [-0.2, -0.15) is 0 Å². The molecule has 5 nitrogen and oxygen atoms in total. The predicted molar refractivity (Wildman–Crippen MR) is 109 cm³/mol. The van der Waals surface area contributed by atoms with Gasteiger partial charge in [-0.1, -0.05) is 32.6 Å². The first-order valence-electron chi connectivity index (χ1n) is 9.62. The van der Waals surface area contributed by atoms with E-state index in [0.717, 1.165) is 43.7 Å². The largest absolute Gasteiger partial charge is 0.491 e. The van der Waals surface area contributed by atoms with Crippen LogP contribution in [0.3, 0.4) is 0 Å². The molecular formula is C20H30N2O3S. The van der Waals surface area contributed by atoms with Gasteiger partial charge in [0.05, 0.1) is 6.10 Å². The molecule has 1 aliphatic heterocycles. The number of benzene rings is 1. The number of hydrogen-bond donors (Lipinski definition) is 2. The summed E-state index contributed by atoms with van der Waals surface area (Å²) in [7, 11) is 0. The molecule has 0 spiro atoms. The Bertz CT molecular complexity index is 557. The number of ether oxygens (including phenoxy) is 2. The number of carbonyl (C=O) groups excluding carboxylic acids is 1. The Morgan fingerprint density at radius 2 is 2.00 bits per heavy atom. The van der Waals surface area contributed by atoms with Crippen LogP contribution >= 0.6 is 12.2 Å². The van der Waals surface area contributed by atoms with E-state index in [4.69, 9.17) is 21.7 Å². The fourth-order valence-corrected chi connectivity index (χ4v) is 3.07. The average Bonchev–Trinajstić information content (AvgIpc) is 3.14. The highest BCUT2D eigenvalue weighted by molar-refractivity contribution is 7.80. The fourth-order valence-electron chi connectivity index (χ4n) is 2.84. The molecule has 1 atom stereocenters. The van der Waals surface area contributed by atoms with Crippen LogP contribution in [-0.2, 0) is 9.53 Å². The minimum Gasteiger partial charge on any atom is -0.491 e. The number of thiocarbonyl (C=S) groups is 1. The third-order valence-corrected chi connectivity index (χ3v) is 4.54. The summed E-state index contributed by atoms with van der Waals surface area (Å²) in [6, 6.07) is 7.53. The van der Waals surface area contributed by atoms with Crippen molar-refractivity contribution >= 4 is 28.9 Å². The van der Waals surface area contributed by atoms with Gasteiger partial charge in [-0.25, -0.2) is 0 Å². The molecule has 6 heteroatoms. The van der Waals surface area contributed by atoms with Gasteiger partial charge in [0.2, 0.25) is 5.91 Å². The van der Waals surface area contributed by atoms with E-state index in [1.807, 2.05) is 24.3 Å². The van der Waals surface area contributed by atoms with Gasteiger partial charge in [0.15, 0.2) is 5.11 Å². The van der Waals surface area contributed by atoms with Crippen molar-refractivity contribution in [3.63, 3.8) is 0 Å². The number of carbonyl (C=O) groups is 1. The molecule has 1 unspecified atom stereocenters. The predicted octanol–water partition coefficient (Wildman–Crippen LogP) is 4.42. The monoisotopic (exact) mass is 378 g/mol. The first-order valence-corrected chi connectivity index (χ1v) is 10.0. The number of anilines is 1. The number of hydrogen-bond acceptors (Lipinski definition) is 4. The van der Waals surface area contributed by atoms with Gasteiger partial charge in [0, 0.05) is 18.7 Å². The van der Waals surface area contributed by atoms with E-state index in [9.17, 15) is 4.79 Å². The first-order chi connectivity index (χ1) is 12.7. The van der Waals surface area contributed by atoms with Crippen LogP contribution in [0.1, 0.15) is 58.3 Å². The van der Waals surface area contributed by atoms with Crippen LogP contribution in [0.25, 0.3) is 0 Å². The molecule has 1 fully saturated rings. The van der Waals surface area contributed by atoms with Crippen LogP contribution in [0.4, 0.5) is 5.69 Å². The molecular weight excluding hydrogens is 348 g/mol. The SMILES string of the molecule is CCCCCCCC(=O)NC(=S)Nc1ccc(OCC2CCCO2)cc1. The lowest BCUT2D eigenvalue weighted by Crippen LogP contribution is -2.33. The average molecular weight is 379 g/mol. The lowest BCUT2D eigenvalue weighted by atomic mass is 10.1. The Balaban J connectivity index is 1.63. The first kappa shape index (κ1) is 20.6. The molecule has 1 heterocycles. The minimum atomic E-state index is -0.0319. The van der Waals surface area contributed by atoms with Crippen molar-refractivity contribution in [3.05, 3.63) is 24.3 Å². The Labute approximate surface area is 161 Å². The quantitative estimate of drug-likeness (QED) is 0.466. The summed E-state index contributed by atoms with van der Waals surface area (Å²) in [5, 5.41) is 6.09. The molecule has 2 N–H and O–H groups in total. The number of amides is 1. The van der Waals surface area contributed by atoms with E-state index in [0.29, 0.717) is 18.1 Å². The van der Waals surface area contributed by atoms with E-state index in [-0.39, 0.29) is 12.0 Å². The summed E-state index contributed by atoms with van der Waals surface area (Å²) in [5.74, 6) is 0.767. The molecule has 1 amide bonds. The molecule has 26 heavy (non-hydrogen) atoms. The van der Waals surface area contributed by atoms with Crippen LogP contribution in [0.15, 0.2) is 24.3 Å². The van der Waals surface area contributed by atoms with Crippen LogP contribution < -0.4 is 15.4 Å². The molecule has 1 aromatic rings. The number of unbranched alkanes of at least 4 members (excludes halogenated alkanes) is 4. The minimum absolute atomic E-state index is 0.0319. The zero-order valence-electron chi connectivity index (χ0n) is 15.6. The summed E-state index contributed by atoms with van der Waals surface area (Å²) < 4.78 is 11.3. The van der Waals surface area contributed by atoms with Gasteiger partial charge in [-0.3, -0.25) is 4.79 Å². The Morgan fingerprint density at radius 1 is 1.23 bits per heavy atom. The molecule has 1 saturated heterocycles. The van der Waals surface area contributed by atoms with Crippen molar-refractivity contribution in [2.24, 2.45) is 0 Å². The second kappa shape index (κ2) is 11.9. The molecule has 0 aromatic heterocycles. The molecule has 0 radical (unpaired) electrons. The maximum atomic E-state index is 11.9. The summed E-state index contributed by atoms with van der Waals surface area (Å²) in [6.45, 7) is 3.60. The maximum absolute atomic E-state index is 11.9. The zero-order chi connectivity index (χ0) is 18.6. The normalized spacial score (nSPS) is 16.3. The molecule has 1 aliphatic rings. The Hall–Kier alpha value is -1.66. The summed E-state index contributed by atoms with van der Waals surface area (Å²) in [5.41, 5.74) is 0.822. The van der Waals surface area contributed by atoms with E-state index in [2.05, 4.69) is 17.6 Å². The molecule has 0 aliphatic carbocycles. The molecule has 0 bridgehead atoms. The number of nitrogens with one attached hydrogen (secondary N) is 2. The smallest absolute Gasteiger partial charge is 0.226 e. The summed E-state index contributed by atoms with van der Waals surface area (Å²) in [4.78, 5) is 11.9. The van der Waals surface area contributed by atoms with Crippen LogP contribution in [-0.4, -0.2) is 30.3 Å². The highest BCUT2D eigenvalue weighted by Gasteiger charge is 2.15. The second-order valence-electron chi connectivity index (χ2n) is 6.64. The molecule has 2 rings (SSSR count). The Kier molecular flexibility index (Phi) is 9.42. The van der Waals surface area contributed by atoms with E-state index < -0.39 is 0 Å². The summed E-state index contributed by atoms with van der Waals surface area (Å²) >= 11 is 5.20. The van der Waals surface area contributed by atoms with Crippen molar-refractivity contribution in [1.82, 2.24) is 5.32 Å². The van der Waals surface area contributed by atoms with Gasteiger partial charge in [-0.05, 0) is 55.7 Å². The zero-order valence-corrected chi connectivity index (χ0v) is 16.4. The Morgan fingerprint density at radius 3 is 2.69 bits per heavy atom. The summed E-state index contributed by atoms with van der Waals surface area (Å²) in [6.07, 6.45) is 8.52. The van der Waals surface area contributed by atoms with Crippen molar-refractivity contribution in [1.29, 1.82) is 0 Å². The highest BCUT2D eigenvalue weighted by atomic mass is 32.1. The lowest BCUT2D eigenvalue weighted by molar-refractivity contribution is -0.119. The van der Waals surface area contributed by atoms with E-state index >= 15 is 0 Å². The molecule has 0 saturated carbocycles. The van der Waals surface area contributed by atoms with Crippen molar-refractivity contribution in [2.75, 3.05) is 18.5 Å². The maximum Gasteiger partial charge on any atom is 0.226 e. The van der Waals surface area contributed by atoms with E-state index in [1.165, 1.54) is 19.3 Å². The van der Waals surface area contributed by atoms with E-state index in [1.54, 1.807) is 0 Å². The van der Waals surface area contributed by atoms with Gasteiger partial charge in [-0.15, -0.1) is 0 Å². The van der Waals surface area contributed by atoms with Gasteiger partial charge in [0.1, 0.15) is 12.4 Å².